The third kappa shape index (κ3) is 18.3. The summed E-state index contributed by atoms with van der Waals surface area (Å²) in [6, 6.07) is 0.535. The van der Waals surface area contributed by atoms with Crippen LogP contribution in [0.15, 0.2) is 0 Å². The highest BCUT2D eigenvalue weighted by Crippen LogP contribution is 2.15. The lowest BCUT2D eigenvalue weighted by atomic mass is 10.0. The molecule has 0 saturated heterocycles. The Labute approximate surface area is 188 Å². The Morgan fingerprint density at radius 3 is 1.67 bits per heavy atom. The SMILES string of the molecule is CCCCCCCCCCCCCCCC(=O)COC(CCC(C)[N+](C)(C)C)OC. The predicted octanol–water partition coefficient (Wildman–Crippen LogP) is 6.90. The van der Waals surface area contributed by atoms with Gasteiger partial charge in [-0.2, -0.15) is 0 Å². The summed E-state index contributed by atoms with van der Waals surface area (Å²) in [5, 5.41) is 0. The van der Waals surface area contributed by atoms with Crippen molar-refractivity contribution in [3.05, 3.63) is 0 Å². The molecule has 0 aliphatic rings. The average Bonchev–Trinajstić information content (AvgIpc) is 2.70. The Hall–Kier alpha value is -0.450. The zero-order valence-corrected chi connectivity index (χ0v) is 21.3. The van der Waals surface area contributed by atoms with Gasteiger partial charge in [-0.1, -0.05) is 84.0 Å². The molecule has 0 saturated carbocycles. The second kappa shape index (κ2) is 19.3. The Kier molecular flexibility index (Phi) is 19.0. The second-order valence-corrected chi connectivity index (χ2v) is 10.1. The first kappa shape index (κ1) is 29.5. The summed E-state index contributed by atoms with van der Waals surface area (Å²) in [6.45, 7) is 4.71. The quantitative estimate of drug-likeness (QED) is 0.107. The number of ketones is 1. The molecule has 0 rings (SSSR count). The third-order valence-electron chi connectivity index (χ3n) is 6.39. The summed E-state index contributed by atoms with van der Waals surface area (Å²) in [4.78, 5) is 12.1. The van der Waals surface area contributed by atoms with E-state index in [2.05, 4.69) is 35.0 Å². The van der Waals surface area contributed by atoms with Crippen molar-refractivity contribution in [3.8, 4) is 0 Å². The van der Waals surface area contributed by atoms with Gasteiger partial charge in [-0.05, 0) is 13.3 Å². The number of hydrogen-bond acceptors (Lipinski definition) is 3. The first-order chi connectivity index (χ1) is 14.3. The fourth-order valence-electron chi connectivity index (χ4n) is 3.63. The van der Waals surface area contributed by atoms with Gasteiger partial charge in [-0.25, -0.2) is 0 Å². The van der Waals surface area contributed by atoms with Crippen molar-refractivity contribution < 1.29 is 18.8 Å². The summed E-state index contributed by atoms with van der Waals surface area (Å²) in [5.74, 6) is 0.208. The smallest absolute Gasteiger partial charge is 0.158 e. The van der Waals surface area contributed by atoms with Crippen molar-refractivity contribution in [3.63, 3.8) is 0 Å². The lowest BCUT2D eigenvalue weighted by molar-refractivity contribution is -0.894. The molecule has 0 spiro atoms. The zero-order chi connectivity index (χ0) is 22.7. The summed E-state index contributed by atoms with van der Waals surface area (Å²) in [7, 11) is 8.27. The highest BCUT2D eigenvalue weighted by molar-refractivity contribution is 5.79. The molecular formula is C26H54NO3+. The van der Waals surface area contributed by atoms with Crippen molar-refractivity contribution in [1.82, 2.24) is 0 Å². The molecule has 0 aromatic rings. The fourth-order valence-corrected chi connectivity index (χ4v) is 3.63. The van der Waals surface area contributed by atoms with E-state index in [1.165, 1.54) is 70.6 Å². The molecule has 0 aromatic carbocycles. The van der Waals surface area contributed by atoms with E-state index in [1.54, 1.807) is 7.11 Å². The number of rotatable bonds is 22. The largest absolute Gasteiger partial charge is 0.356 e. The van der Waals surface area contributed by atoms with Crippen LogP contribution in [0.3, 0.4) is 0 Å². The van der Waals surface area contributed by atoms with E-state index in [1.807, 2.05) is 0 Å². The Bertz CT molecular complexity index is 392. The summed E-state index contributed by atoms with van der Waals surface area (Å²) >= 11 is 0. The van der Waals surface area contributed by atoms with Crippen LogP contribution in [-0.4, -0.2) is 57.5 Å². The van der Waals surface area contributed by atoms with Crippen molar-refractivity contribution in [2.24, 2.45) is 0 Å². The predicted molar refractivity (Wildman–Crippen MR) is 129 cm³/mol. The number of unbranched alkanes of at least 4 members (excludes halogenated alkanes) is 12. The molecule has 4 nitrogen and oxygen atoms in total. The molecule has 0 heterocycles. The molecule has 4 heteroatoms. The fraction of sp³-hybridized carbons (Fsp3) is 0.962. The summed E-state index contributed by atoms with van der Waals surface area (Å²) in [5.41, 5.74) is 0. The highest BCUT2D eigenvalue weighted by atomic mass is 16.7. The van der Waals surface area contributed by atoms with Crippen LogP contribution >= 0.6 is 0 Å². The second-order valence-electron chi connectivity index (χ2n) is 10.1. The molecule has 0 fully saturated rings. The maximum atomic E-state index is 12.1. The third-order valence-corrected chi connectivity index (χ3v) is 6.39. The van der Waals surface area contributed by atoms with Gasteiger partial charge >= 0.3 is 0 Å². The number of methoxy groups -OCH3 is 1. The van der Waals surface area contributed by atoms with Gasteiger partial charge < -0.3 is 14.0 Å². The maximum Gasteiger partial charge on any atom is 0.158 e. The minimum Gasteiger partial charge on any atom is -0.356 e. The van der Waals surface area contributed by atoms with Gasteiger partial charge in [0.15, 0.2) is 12.1 Å². The van der Waals surface area contributed by atoms with E-state index in [4.69, 9.17) is 9.47 Å². The molecule has 0 radical (unpaired) electrons. The molecule has 2 atom stereocenters. The van der Waals surface area contributed by atoms with E-state index in [0.717, 1.165) is 30.2 Å². The summed E-state index contributed by atoms with van der Waals surface area (Å²) in [6.07, 6.45) is 19.5. The van der Waals surface area contributed by atoms with Crippen LogP contribution in [0, 0.1) is 0 Å². The molecular weight excluding hydrogens is 374 g/mol. The number of carbonyl (C=O) groups excluding carboxylic acids is 1. The molecule has 180 valence electrons. The normalized spacial score (nSPS) is 14.1. The minimum absolute atomic E-state index is 0.190. The van der Waals surface area contributed by atoms with Crippen molar-refractivity contribution in [1.29, 1.82) is 0 Å². The molecule has 2 unspecified atom stereocenters. The molecule has 0 aliphatic carbocycles. The van der Waals surface area contributed by atoms with E-state index in [-0.39, 0.29) is 18.7 Å². The van der Waals surface area contributed by atoms with Crippen LogP contribution in [0.1, 0.15) is 117 Å². The van der Waals surface area contributed by atoms with Gasteiger partial charge in [0.25, 0.3) is 0 Å². The number of quaternary nitrogens is 1. The Morgan fingerprint density at radius 2 is 1.23 bits per heavy atom. The van der Waals surface area contributed by atoms with Crippen molar-refractivity contribution in [2.75, 3.05) is 34.9 Å². The van der Waals surface area contributed by atoms with Crippen LogP contribution in [-0.2, 0) is 14.3 Å². The number of Topliss-reactive ketones (excluding diaryl/α,β-unsaturated/α-hetero) is 1. The van der Waals surface area contributed by atoms with Crippen LogP contribution in [0.5, 0.6) is 0 Å². The van der Waals surface area contributed by atoms with Crippen LogP contribution in [0.25, 0.3) is 0 Å². The van der Waals surface area contributed by atoms with Gasteiger partial charge in [0.2, 0.25) is 0 Å². The Balaban J connectivity index is 3.54. The van der Waals surface area contributed by atoms with Gasteiger partial charge in [0, 0.05) is 26.4 Å². The van der Waals surface area contributed by atoms with Gasteiger partial charge in [0.1, 0.15) is 6.61 Å². The van der Waals surface area contributed by atoms with E-state index in [0.29, 0.717) is 12.5 Å². The number of carbonyl (C=O) groups is 1. The van der Waals surface area contributed by atoms with Gasteiger partial charge in [-0.3, -0.25) is 4.79 Å². The first-order valence-electron chi connectivity index (χ1n) is 12.8. The van der Waals surface area contributed by atoms with Crippen LogP contribution in [0.2, 0.25) is 0 Å². The molecule has 0 N–H and O–H groups in total. The van der Waals surface area contributed by atoms with Crippen molar-refractivity contribution >= 4 is 5.78 Å². The first-order valence-corrected chi connectivity index (χ1v) is 12.8. The van der Waals surface area contributed by atoms with E-state index >= 15 is 0 Å². The van der Waals surface area contributed by atoms with Gasteiger partial charge in [0.05, 0.1) is 27.2 Å². The highest BCUT2D eigenvalue weighted by Gasteiger charge is 2.20. The molecule has 0 aromatic heterocycles. The van der Waals surface area contributed by atoms with E-state index < -0.39 is 0 Å². The maximum absolute atomic E-state index is 12.1. The molecule has 30 heavy (non-hydrogen) atoms. The molecule has 0 bridgehead atoms. The monoisotopic (exact) mass is 428 g/mol. The Morgan fingerprint density at radius 1 is 0.767 bits per heavy atom. The number of nitrogens with zero attached hydrogens (tertiary/aromatic N) is 1. The standard InChI is InChI=1S/C26H54NO3/c1-7-8-9-10-11-12-13-14-15-16-17-18-19-20-25(28)23-30-26(29-6)22-21-24(2)27(3,4)5/h24,26H,7-23H2,1-6H3/q+1. The minimum atomic E-state index is -0.269. The molecule has 0 aliphatic heterocycles. The van der Waals surface area contributed by atoms with Crippen LogP contribution < -0.4 is 0 Å². The number of ether oxygens (including phenoxy) is 2. The lowest BCUT2D eigenvalue weighted by Gasteiger charge is -2.32. The average molecular weight is 429 g/mol. The van der Waals surface area contributed by atoms with Gasteiger partial charge in [-0.15, -0.1) is 0 Å². The van der Waals surface area contributed by atoms with Crippen molar-refractivity contribution in [2.45, 2.75) is 129 Å². The summed E-state index contributed by atoms with van der Waals surface area (Å²) < 4.78 is 12.0. The van der Waals surface area contributed by atoms with Crippen LogP contribution in [0.4, 0.5) is 0 Å². The number of hydrogen-bond donors (Lipinski definition) is 0. The zero-order valence-electron chi connectivity index (χ0n) is 21.3. The lowest BCUT2D eigenvalue weighted by Crippen LogP contribution is -2.43. The molecule has 0 amide bonds. The van der Waals surface area contributed by atoms with E-state index in [9.17, 15) is 4.79 Å². The topological polar surface area (TPSA) is 35.5 Å².